The summed E-state index contributed by atoms with van der Waals surface area (Å²) in [5.74, 6) is 0.365. The topological polar surface area (TPSA) is 20.3 Å². The molecule has 4 heteroatoms. The van der Waals surface area contributed by atoms with Crippen LogP contribution < -0.4 is 0 Å². The van der Waals surface area contributed by atoms with Crippen LogP contribution >= 0.6 is 0 Å². The maximum atomic E-state index is 12.4. The lowest BCUT2D eigenvalue weighted by molar-refractivity contribution is -0.122. The number of rotatable bonds is 8. The highest BCUT2D eigenvalue weighted by atomic mass is 28.4. The minimum atomic E-state index is -1.56. The molecular weight excluding hydrogens is 254 g/mol. The van der Waals surface area contributed by atoms with Crippen molar-refractivity contribution in [3.8, 4) is 0 Å². The molecule has 0 aromatic carbocycles. The van der Waals surface area contributed by atoms with Crippen LogP contribution in [-0.2, 0) is 4.79 Å². The van der Waals surface area contributed by atoms with Crippen LogP contribution in [0.5, 0.6) is 0 Å². The lowest BCUT2D eigenvalue weighted by atomic mass is 10.8. The predicted molar refractivity (Wildman–Crippen MR) is 86.9 cm³/mol. The molecule has 0 rings (SSSR count). The van der Waals surface area contributed by atoms with Gasteiger partial charge in [-0.15, -0.1) is 0 Å². The minimum Gasteiger partial charge on any atom is -0.395 e. The fourth-order valence-corrected chi connectivity index (χ4v) is 16.7. The lowest BCUT2D eigenvalue weighted by Gasteiger charge is -2.52. The smallest absolute Gasteiger partial charge is 0.203 e. The van der Waals surface area contributed by atoms with Crippen molar-refractivity contribution in [2.75, 3.05) is 0 Å². The number of carbonyl (C=O) groups is 1. The molecule has 0 saturated heterocycles. The highest BCUT2D eigenvalue weighted by Gasteiger charge is 2.47. The number of amides is 1. The van der Waals surface area contributed by atoms with Gasteiger partial charge in [0.15, 0.2) is 0 Å². The summed E-state index contributed by atoms with van der Waals surface area (Å²) in [6, 6.07) is 7.30. The summed E-state index contributed by atoms with van der Waals surface area (Å²) in [7, 11) is -3.13. The first-order valence-corrected chi connectivity index (χ1v) is 12.9. The van der Waals surface area contributed by atoms with Crippen LogP contribution in [0.15, 0.2) is 0 Å². The summed E-state index contributed by atoms with van der Waals surface area (Å²) >= 11 is 0. The molecule has 18 heavy (non-hydrogen) atoms. The van der Waals surface area contributed by atoms with Crippen LogP contribution in [0.3, 0.4) is 0 Å². The van der Waals surface area contributed by atoms with Crippen molar-refractivity contribution in [2.45, 2.75) is 84.7 Å². The van der Waals surface area contributed by atoms with E-state index in [0.717, 1.165) is 0 Å². The Kier molecular flexibility index (Phi) is 7.44. The van der Waals surface area contributed by atoms with Gasteiger partial charge in [0, 0.05) is 6.92 Å². The van der Waals surface area contributed by atoms with Crippen molar-refractivity contribution in [2.24, 2.45) is 0 Å². The Hall–Kier alpha value is -0.0962. The van der Waals surface area contributed by atoms with Crippen LogP contribution in [-0.4, -0.2) is 26.6 Å². The largest absolute Gasteiger partial charge is 0.395 e. The summed E-state index contributed by atoms with van der Waals surface area (Å²) < 4.78 is 2.51. The summed E-state index contributed by atoms with van der Waals surface area (Å²) in [5.41, 5.74) is 0. The van der Waals surface area contributed by atoms with E-state index in [-0.39, 0.29) is 0 Å². The van der Waals surface area contributed by atoms with E-state index in [0.29, 0.717) is 5.91 Å². The molecular formula is C14H33NOSi2. The average molecular weight is 288 g/mol. The third-order valence-electron chi connectivity index (χ3n) is 5.21. The van der Waals surface area contributed by atoms with Crippen LogP contribution in [0.2, 0.25) is 36.3 Å². The van der Waals surface area contributed by atoms with Gasteiger partial charge in [-0.1, -0.05) is 41.5 Å². The summed E-state index contributed by atoms with van der Waals surface area (Å²) in [4.78, 5) is 12.4. The summed E-state index contributed by atoms with van der Waals surface area (Å²) in [6.45, 7) is 15.6. The third-order valence-corrected chi connectivity index (χ3v) is 18.5. The highest BCUT2D eigenvalue weighted by Crippen LogP contribution is 2.35. The van der Waals surface area contributed by atoms with Crippen molar-refractivity contribution in [3.05, 3.63) is 0 Å². The lowest BCUT2D eigenvalue weighted by Crippen LogP contribution is -2.67. The Bertz CT molecular complexity index is 224. The van der Waals surface area contributed by atoms with Crippen molar-refractivity contribution in [3.63, 3.8) is 0 Å². The van der Waals surface area contributed by atoms with Gasteiger partial charge in [0.05, 0.1) is 0 Å². The molecule has 0 aliphatic heterocycles. The molecule has 0 radical (unpaired) electrons. The molecule has 0 atom stereocenters. The molecule has 0 N–H and O–H groups in total. The number of nitrogens with zero attached hydrogens (tertiary/aromatic N) is 1. The Morgan fingerprint density at radius 2 is 0.944 bits per heavy atom. The van der Waals surface area contributed by atoms with Gasteiger partial charge in [-0.25, -0.2) is 0 Å². The fourth-order valence-electron chi connectivity index (χ4n) is 3.62. The van der Waals surface area contributed by atoms with Gasteiger partial charge in [0.2, 0.25) is 5.91 Å². The molecule has 0 aromatic heterocycles. The molecule has 0 aromatic rings. The second kappa shape index (κ2) is 7.48. The van der Waals surface area contributed by atoms with Crippen molar-refractivity contribution < 1.29 is 4.79 Å². The summed E-state index contributed by atoms with van der Waals surface area (Å²) in [5, 5.41) is 0. The molecule has 1 amide bonds. The molecule has 2 nitrogen and oxygen atoms in total. The van der Waals surface area contributed by atoms with E-state index in [9.17, 15) is 4.79 Å². The van der Waals surface area contributed by atoms with Crippen LogP contribution in [0.4, 0.5) is 0 Å². The van der Waals surface area contributed by atoms with Crippen molar-refractivity contribution in [1.82, 2.24) is 4.23 Å². The van der Waals surface area contributed by atoms with Gasteiger partial charge in [0.25, 0.3) is 0 Å². The van der Waals surface area contributed by atoms with Gasteiger partial charge in [0.1, 0.15) is 16.5 Å². The Morgan fingerprint density at radius 3 is 1.06 bits per heavy atom. The zero-order valence-electron chi connectivity index (χ0n) is 13.6. The van der Waals surface area contributed by atoms with Gasteiger partial charge >= 0.3 is 0 Å². The molecule has 108 valence electrons. The van der Waals surface area contributed by atoms with Gasteiger partial charge in [-0.05, 0) is 36.3 Å². The van der Waals surface area contributed by atoms with E-state index in [1.54, 1.807) is 0 Å². The molecule has 0 aliphatic carbocycles. The number of hydrogen-bond acceptors (Lipinski definition) is 1. The monoisotopic (exact) mass is 287 g/mol. The van der Waals surface area contributed by atoms with Crippen molar-refractivity contribution >= 4 is 22.4 Å². The zero-order chi connectivity index (χ0) is 14.4. The van der Waals surface area contributed by atoms with Gasteiger partial charge in [-0.2, -0.15) is 0 Å². The SMILES string of the molecule is CC[Si](CC)(CC)N(C(C)=O)[Si](CC)(CC)CC. The second-order valence-corrected chi connectivity index (χ2v) is 15.9. The Morgan fingerprint density at radius 1 is 0.722 bits per heavy atom. The Balaban J connectivity index is 5.73. The maximum absolute atomic E-state index is 12.4. The molecule has 0 aliphatic rings. The first-order chi connectivity index (χ1) is 8.43. The number of carbonyl (C=O) groups excluding carboxylic acids is 1. The Labute approximate surface area is 116 Å². The van der Waals surface area contributed by atoms with Crippen LogP contribution in [0.1, 0.15) is 48.5 Å². The first kappa shape index (κ1) is 17.9. The maximum Gasteiger partial charge on any atom is 0.203 e. The minimum absolute atomic E-state index is 0.365. The normalized spacial score (nSPS) is 12.6. The van der Waals surface area contributed by atoms with E-state index in [2.05, 4.69) is 45.8 Å². The van der Waals surface area contributed by atoms with E-state index in [1.165, 1.54) is 36.3 Å². The standard InChI is InChI=1S/C14H33NOSi2/c1-8-17(9-2,10-3)15(14(7)16)18(11-4,12-5)13-6/h8-13H2,1-7H3. The van der Waals surface area contributed by atoms with E-state index < -0.39 is 16.5 Å². The van der Waals surface area contributed by atoms with Gasteiger partial charge < -0.3 is 4.23 Å². The van der Waals surface area contributed by atoms with E-state index in [1.807, 2.05) is 6.92 Å². The molecule has 0 saturated carbocycles. The second-order valence-electron chi connectivity index (χ2n) is 5.42. The fraction of sp³-hybridized carbons (Fsp3) is 0.929. The highest BCUT2D eigenvalue weighted by molar-refractivity contribution is 6.95. The van der Waals surface area contributed by atoms with Crippen LogP contribution in [0.25, 0.3) is 0 Å². The molecule has 0 heterocycles. The predicted octanol–water partition coefficient (Wildman–Crippen LogP) is 4.85. The van der Waals surface area contributed by atoms with Crippen molar-refractivity contribution in [1.29, 1.82) is 0 Å². The van der Waals surface area contributed by atoms with E-state index in [4.69, 9.17) is 0 Å². The first-order valence-electron chi connectivity index (χ1n) is 7.74. The van der Waals surface area contributed by atoms with Gasteiger partial charge in [-0.3, -0.25) is 4.79 Å². The third kappa shape index (κ3) is 3.07. The zero-order valence-corrected chi connectivity index (χ0v) is 15.6. The quantitative estimate of drug-likeness (QED) is 0.585. The summed E-state index contributed by atoms with van der Waals surface area (Å²) in [6.07, 6.45) is 0. The average Bonchev–Trinajstić information content (AvgIpc) is 2.40. The van der Waals surface area contributed by atoms with Crippen LogP contribution in [0, 0.1) is 0 Å². The molecule has 0 spiro atoms. The molecule has 0 fully saturated rings. The molecule has 0 unspecified atom stereocenters. The molecule has 0 bridgehead atoms. The number of hydrogen-bond donors (Lipinski definition) is 0. The van der Waals surface area contributed by atoms with E-state index >= 15 is 0 Å².